The number of nitrogens with two attached hydrogens (primary N) is 1. The first-order chi connectivity index (χ1) is 6.38. The summed E-state index contributed by atoms with van der Waals surface area (Å²) in [6.45, 7) is 0.607. The van der Waals surface area contributed by atoms with E-state index in [1.54, 1.807) is 0 Å². The highest BCUT2D eigenvalue weighted by atomic mass is 35.5. The quantitative estimate of drug-likeness (QED) is 0.703. The lowest BCUT2D eigenvalue weighted by atomic mass is 10.1. The monoisotopic (exact) mass is 207 g/mol. The van der Waals surface area contributed by atoms with E-state index < -0.39 is 0 Å². The van der Waals surface area contributed by atoms with E-state index in [2.05, 4.69) is 11.8 Å². The van der Waals surface area contributed by atoms with Gasteiger partial charge in [0.1, 0.15) is 0 Å². The van der Waals surface area contributed by atoms with Crippen LogP contribution in [0.3, 0.4) is 0 Å². The Balaban J connectivity index is 0.000000980. The number of benzene rings is 1. The van der Waals surface area contributed by atoms with Crippen molar-refractivity contribution < 1.29 is 0 Å². The zero-order valence-electron chi connectivity index (χ0n) is 7.99. The molecule has 0 aliphatic heterocycles. The second-order valence-corrected chi connectivity index (χ2v) is 3.44. The predicted molar refractivity (Wildman–Crippen MR) is 61.2 cm³/mol. The zero-order chi connectivity index (χ0) is 9.10. The van der Waals surface area contributed by atoms with Crippen LogP contribution >= 0.6 is 12.4 Å². The van der Waals surface area contributed by atoms with Crippen molar-refractivity contribution in [1.82, 2.24) is 0 Å². The molecule has 2 N–H and O–H groups in total. The first kappa shape index (κ1) is 11.1. The number of hydrogen-bond acceptors (Lipinski definition) is 1. The topological polar surface area (TPSA) is 26.0 Å². The summed E-state index contributed by atoms with van der Waals surface area (Å²) in [5, 5.41) is 0. The summed E-state index contributed by atoms with van der Waals surface area (Å²) in [7, 11) is 0. The molecule has 14 heavy (non-hydrogen) atoms. The molecule has 1 nitrogen and oxygen atoms in total. The van der Waals surface area contributed by atoms with Crippen molar-refractivity contribution in [2.75, 3.05) is 0 Å². The van der Waals surface area contributed by atoms with Crippen LogP contribution in [0.25, 0.3) is 0 Å². The first-order valence-electron chi connectivity index (χ1n) is 4.69. The standard InChI is InChI=1S/C12H13N.ClH/c13-9-12-7-5-11(6-8-12)4-3-10-1-2-10;/h5-8,10H,1-2,9,13H2;1H. The minimum absolute atomic E-state index is 0. The Morgan fingerprint density at radius 2 is 1.86 bits per heavy atom. The molecule has 0 atom stereocenters. The molecule has 74 valence electrons. The average Bonchev–Trinajstić information content (AvgIpc) is 2.99. The van der Waals surface area contributed by atoms with Crippen molar-refractivity contribution in [3.63, 3.8) is 0 Å². The van der Waals surface area contributed by atoms with Gasteiger partial charge in [-0.1, -0.05) is 24.0 Å². The molecule has 1 aliphatic carbocycles. The largest absolute Gasteiger partial charge is 0.326 e. The van der Waals surface area contributed by atoms with Crippen LogP contribution in [0, 0.1) is 17.8 Å². The third kappa shape index (κ3) is 3.06. The summed E-state index contributed by atoms with van der Waals surface area (Å²) >= 11 is 0. The van der Waals surface area contributed by atoms with Gasteiger partial charge in [0.25, 0.3) is 0 Å². The molecule has 2 rings (SSSR count). The highest BCUT2D eigenvalue weighted by molar-refractivity contribution is 5.85. The third-order valence-electron chi connectivity index (χ3n) is 2.19. The molecule has 1 aliphatic rings. The molecule has 1 aromatic rings. The number of halogens is 1. The summed E-state index contributed by atoms with van der Waals surface area (Å²) in [4.78, 5) is 0. The lowest BCUT2D eigenvalue weighted by Crippen LogP contribution is -1.95. The normalized spacial score (nSPS) is 13.8. The summed E-state index contributed by atoms with van der Waals surface area (Å²) in [6, 6.07) is 8.16. The van der Waals surface area contributed by atoms with E-state index >= 15 is 0 Å². The second-order valence-electron chi connectivity index (χ2n) is 3.44. The van der Waals surface area contributed by atoms with Gasteiger partial charge in [-0.3, -0.25) is 0 Å². The van der Waals surface area contributed by atoms with Gasteiger partial charge in [-0.25, -0.2) is 0 Å². The molecule has 1 aromatic carbocycles. The van der Waals surface area contributed by atoms with Gasteiger partial charge >= 0.3 is 0 Å². The smallest absolute Gasteiger partial charge is 0.0245 e. The molecular formula is C12H14ClN. The van der Waals surface area contributed by atoms with Crippen molar-refractivity contribution in [2.45, 2.75) is 19.4 Å². The maximum atomic E-state index is 5.50. The molecule has 1 fully saturated rings. The lowest BCUT2D eigenvalue weighted by molar-refractivity contribution is 1.07. The van der Waals surface area contributed by atoms with Gasteiger partial charge in [-0.05, 0) is 30.5 Å². The highest BCUT2D eigenvalue weighted by Gasteiger charge is 2.17. The molecule has 0 unspecified atom stereocenters. The van der Waals surface area contributed by atoms with Gasteiger partial charge < -0.3 is 5.73 Å². The zero-order valence-corrected chi connectivity index (χ0v) is 8.81. The molecule has 2 heteroatoms. The van der Waals surface area contributed by atoms with Crippen molar-refractivity contribution >= 4 is 12.4 Å². The van der Waals surface area contributed by atoms with Crippen molar-refractivity contribution in [3.05, 3.63) is 35.4 Å². The summed E-state index contributed by atoms with van der Waals surface area (Å²) in [5.41, 5.74) is 7.76. The fourth-order valence-corrected chi connectivity index (χ4v) is 1.14. The van der Waals surface area contributed by atoms with Crippen molar-refractivity contribution in [3.8, 4) is 11.8 Å². The van der Waals surface area contributed by atoms with Gasteiger partial charge in [-0.15, -0.1) is 12.4 Å². The van der Waals surface area contributed by atoms with Crippen LogP contribution in [0.15, 0.2) is 24.3 Å². The Bertz CT molecular complexity index is 341. The van der Waals surface area contributed by atoms with E-state index in [0.717, 1.165) is 11.1 Å². The molecule has 0 amide bonds. The van der Waals surface area contributed by atoms with Crippen LogP contribution in [0.2, 0.25) is 0 Å². The lowest BCUT2D eigenvalue weighted by Gasteiger charge is -1.94. The molecule has 0 heterocycles. The summed E-state index contributed by atoms with van der Waals surface area (Å²) in [6.07, 6.45) is 2.57. The minimum Gasteiger partial charge on any atom is -0.326 e. The number of rotatable bonds is 1. The Morgan fingerprint density at radius 3 is 2.36 bits per heavy atom. The van der Waals surface area contributed by atoms with E-state index in [1.165, 1.54) is 12.8 Å². The molecule has 0 aromatic heterocycles. The van der Waals surface area contributed by atoms with Crippen molar-refractivity contribution in [2.24, 2.45) is 11.7 Å². The minimum atomic E-state index is 0. The van der Waals surface area contributed by atoms with E-state index in [4.69, 9.17) is 5.73 Å². The van der Waals surface area contributed by atoms with Crippen LogP contribution in [0.5, 0.6) is 0 Å². The van der Waals surface area contributed by atoms with Crippen LogP contribution < -0.4 is 5.73 Å². The molecule has 0 bridgehead atoms. The third-order valence-corrected chi connectivity index (χ3v) is 2.19. The second kappa shape index (κ2) is 5.05. The van der Waals surface area contributed by atoms with E-state index in [0.29, 0.717) is 12.5 Å². The van der Waals surface area contributed by atoms with Crippen LogP contribution in [0.1, 0.15) is 24.0 Å². The fraction of sp³-hybridized carbons (Fsp3) is 0.333. The molecule has 0 radical (unpaired) electrons. The van der Waals surface area contributed by atoms with Gasteiger partial charge in [0.05, 0.1) is 0 Å². The highest BCUT2D eigenvalue weighted by Crippen LogP contribution is 2.27. The van der Waals surface area contributed by atoms with E-state index in [-0.39, 0.29) is 12.4 Å². The molecular weight excluding hydrogens is 194 g/mol. The summed E-state index contributed by atoms with van der Waals surface area (Å²) in [5.74, 6) is 7.07. The molecule has 0 saturated heterocycles. The maximum absolute atomic E-state index is 5.50. The first-order valence-corrected chi connectivity index (χ1v) is 4.69. The maximum Gasteiger partial charge on any atom is 0.0245 e. The Morgan fingerprint density at radius 1 is 1.21 bits per heavy atom. The van der Waals surface area contributed by atoms with E-state index in [1.807, 2.05) is 24.3 Å². The SMILES string of the molecule is Cl.NCc1ccc(C#CC2CC2)cc1. The number of hydrogen-bond donors (Lipinski definition) is 1. The van der Waals surface area contributed by atoms with Crippen LogP contribution in [-0.2, 0) is 6.54 Å². The van der Waals surface area contributed by atoms with Gasteiger partial charge in [0.15, 0.2) is 0 Å². The Kier molecular flexibility index (Phi) is 4.00. The molecule has 1 saturated carbocycles. The van der Waals surface area contributed by atoms with Gasteiger partial charge in [0.2, 0.25) is 0 Å². The van der Waals surface area contributed by atoms with Gasteiger partial charge in [0, 0.05) is 18.0 Å². The van der Waals surface area contributed by atoms with Crippen LogP contribution in [-0.4, -0.2) is 0 Å². The average molecular weight is 208 g/mol. The Hall–Kier alpha value is -0.970. The van der Waals surface area contributed by atoms with Gasteiger partial charge in [-0.2, -0.15) is 0 Å². The predicted octanol–water partition coefficient (Wildman–Crippen LogP) is 2.33. The van der Waals surface area contributed by atoms with E-state index in [9.17, 15) is 0 Å². The molecule has 0 spiro atoms. The summed E-state index contributed by atoms with van der Waals surface area (Å²) < 4.78 is 0. The fourth-order valence-electron chi connectivity index (χ4n) is 1.14. The van der Waals surface area contributed by atoms with Crippen LogP contribution in [0.4, 0.5) is 0 Å². The Labute approximate surface area is 91.1 Å². The van der Waals surface area contributed by atoms with Crippen molar-refractivity contribution in [1.29, 1.82) is 0 Å².